The molecule has 82 heavy (non-hydrogen) atoms. The standard InChI is InChI=1S/C62H84O20/c1-49-9-7-15-55-61(49)82-44-32-70-30-40-80-59(47-71-33-41-76-56-16-8-10-50(2)62(56)81-43-31-68-24-20-64-18-22-66-27-37-75-55)60-48-72-34-42-78-58-46-52-12-4-3-11-51(52)45-57(58)77-38-28-67-23-19-63-17-21-65-25-35-73-53-13-5-6-14-54(53)74-36-26-69-29-39-79-60/h3-16,45-46,59-60H,17-44,47-48H2,1-2H3. The van der Waals surface area contributed by atoms with E-state index in [0.717, 1.165) is 21.9 Å². The second-order valence-electron chi connectivity index (χ2n) is 18.6. The van der Waals surface area contributed by atoms with E-state index in [1.165, 1.54) is 0 Å². The van der Waals surface area contributed by atoms with Gasteiger partial charge in [0.1, 0.15) is 65.1 Å². The Morgan fingerprint density at radius 1 is 0.244 bits per heavy atom. The van der Waals surface area contributed by atoms with E-state index >= 15 is 0 Å². The van der Waals surface area contributed by atoms with E-state index in [9.17, 15) is 0 Å². The first kappa shape index (κ1) is 63.9. The lowest BCUT2D eigenvalue weighted by Crippen LogP contribution is -2.41. The van der Waals surface area contributed by atoms with Crippen LogP contribution in [0.1, 0.15) is 11.1 Å². The molecule has 2 atom stereocenters. The Morgan fingerprint density at radius 3 is 0.878 bits per heavy atom. The van der Waals surface area contributed by atoms with Gasteiger partial charge in [-0.05, 0) is 72.1 Å². The molecule has 0 spiro atoms. The van der Waals surface area contributed by atoms with Crippen molar-refractivity contribution in [2.45, 2.75) is 26.1 Å². The Kier molecular flexibility index (Phi) is 30.9. The maximum atomic E-state index is 6.54. The van der Waals surface area contributed by atoms with E-state index in [1.54, 1.807) is 0 Å². The zero-order chi connectivity index (χ0) is 56.8. The zero-order valence-electron chi connectivity index (χ0n) is 47.8. The van der Waals surface area contributed by atoms with Crippen LogP contribution in [0, 0.1) is 13.8 Å². The molecule has 0 saturated heterocycles. The third-order valence-electron chi connectivity index (χ3n) is 12.5. The normalized spacial score (nSPS) is 20.8. The first-order valence-corrected chi connectivity index (χ1v) is 28.5. The number of fused-ring (bicyclic) bond motifs is 5. The van der Waals surface area contributed by atoms with E-state index in [1.807, 2.05) is 111 Å². The third-order valence-corrected chi connectivity index (χ3v) is 12.5. The van der Waals surface area contributed by atoms with Gasteiger partial charge >= 0.3 is 0 Å². The summed E-state index contributed by atoms with van der Waals surface area (Å²) in [6.45, 7) is 13.6. The van der Waals surface area contributed by atoms with Gasteiger partial charge in [-0.15, -0.1) is 0 Å². The first-order chi connectivity index (χ1) is 40.6. The van der Waals surface area contributed by atoms with Crippen molar-refractivity contribution in [3.8, 4) is 46.0 Å². The summed E-state index contributed by atoms with van der Waals surface area (Å²) in [6.07, 6.45) is -1.21. The average Bonchev–Trinajstić information content (AvgIpc) is 3.60. The summed E-state index contributed by atoms with van der Waals surface area (Å²) in [5, 5.41) is 2.03. The Labute approximate surface area is 482 Å². The fourth-order valence-electron chi connectivity index (χ4n) is 8.36. The van der Waals surface area contributed by atoms with E-state index in [4.69, 9.17) is 94.7 Å². The van der Waals surface area contributed by atoms with Crippen LogP contribution in [-0.4, -0.2) is 210 Å². The van der Waals surface area contributed by atoms with Crippen molar-refractivity contribution in [2.24, 2.45) is 0 Å². The highest BCUT2D eigenvalue weighted by atomic mass is 16.6. The SMILES string of the molecule is Cc1cccc2c1OCCOCCOCCOCCOc1cccc(C)c1OCCOCCOC(C1COCCOc3cc4ccccc4cc3OCCOCCOCCOCCOc3ccccc3OCCOCCO1)COCCO2. The summed E-state index contributed by atoms with van der Waals surface area (Å²) in [4.78, 5) is 0. The first-order valence-electron chi connectivity index (χ1n) is 28.5. The highest BCUT2D eigenvalue weighted by Gasteiger charge is 2.25. The lowest BCUT2D eigenvalue weighted by Gasteiger charge is -2.28. The van der Waals surface area contributed by atoms with Crippen molar-refractivity contribution in [1.29, 1.82) is 0 Å². The van der Waals surface area contributed by atoms with Gasteiger partial charge in [0, 0.05) is 0 Å². The van der Waals surface area contributed by atoms with Crippen LogP contribution >= 0.6 is 0 Å². The zero-order valence-corrected chi connectivity index (χ0v) is 47.8. The molecule has 0 bridgehead atoms. The molecule has 7 rings (SSSR count). The Hall–Kier alpha value is -5.72. The lowest BCUT2D eigenvalue weighted by atomic mass is 10.1. The summed E-state index contributed by atoms with van der Waals surface area (Å²) in [7, 11) is 0. The second-order valence-corrected chi connectivity index (χ2v) is 18.6. The molecule has 2 aliphatic rings. The van der Waals surface area contributed by atoms with Crippen LogP contribution in [0.3, 0.4) is 0 Å². The topological polar surface area (TPSA) is 185 Å². The van der Waals surface area contributed by atoms with Crippen LogP contribution in [-0.2, 0) is 56.8 Å². The molecule has 0 N–H and O–H groups in total. The van der Waals surface area contributed by atoms with Gasteiger partial charge < -0.3 is 94.7 Å². The van der Waals surface area contributed by atoms with Crippen molar-refractivity contribution in [1.82, 2.24) is 0 Å². The fourth-order valence-corrected chi connectivity index (χ4v) is 8.36. The number of ether oxygens (including phenoxy) is 20. The van der Waals surface area contributed by atoms with Gasteiger partial charge in [-0.2, -0.15) is 0 Å². The van der Waals surface area contributed by atoms with E-state index in [2.05, 4.69) is 0 Å². The average molecular weight is 1150 g/mol. The van der Waals surface area contributed by atoms with Crippen LogP contribution < -0.4 is 37.9 Å². The highest BCUT2D eigenvalue weighted by Crippen LogP contribution is 2.34. The van der Waals surface area contributed by atoms with Gasteiger partial charge in [0.25, 0.3) is 0 Å². The number of aryl methyl sites for hydroxylation is 2. The second kappa shape index (κ2) is 39.7. The molecule has 5 aromatic carbocycles. The molecule has 0 fully saturated rings. The summed E-state index contributed by atoms with van der Waals surface area (Å²) in [5.41, 5.74) is 1.87. The maximum Gasteiger partial charge on any atom is 0.164 e. The molecule has 2 heterocycles. The van der Waals surface area contributed by atoms with Gasteiger partial charge in [0.05, 0.1) is 145 Å². The minimum absolute atomic E-state index is 0.142. The van der Waals surface area contributed by atoms with Gasteiger partial charge in [-0.3, -0.25) is 0 Å². The fraction of sp³-hybridized carbons (Fsp3) is 0.548. The van der Waals surface area contributed by atoms with Gasteiger partial charge in [0.15, 0.2) is 46.0 Å². The molecular formula is C62H84O20. The van der Waals surface area contributed by atoms with Crippen molar-refractivity contribution in [3.05, 3.63) is 108 Å². The Morgan fingerprint density at radius 2 is 0.512 bits per heavy atom. The minimum Gasteiger partial charge on any atom is -0.487 e. The van der Waals surface area contributed by atoms with Crippen LogP contribution in [0.5, 0.6) is 46.0 Å². The molecule has 2 aliphatic heterocycles. The molecule has 20 heteroatoms. The molecule has 20 nitrogen and oxygen atoms in total. The van der Waals surface area contributed by atoms with E-state index in [0.29, 0.717) is 172 Å². The summed E-state index contributed by atoms with van der Waals surface area (Å²) < 4.78 is 121. The number of rotatable bonds is 1. The van der Waals surface area contributed by atoms with Crippen molar-refractivity contribution in [2.75, 3.05) is 198 Å². The maximum absolute atomic E-state index is 6.54. The molecule has 5 aromatic rings. The third kappa shape index (κ3) is 24.2. The van der Waals surface area contributed by atoms with Crippen molar-refractivity contribution in [3.63, 3.8) is 0 Å². The van der Waals surface area contributed by atoms with Crippen LogP contribution in [0.25, 0.3) is 10.8 Å². The lowest BCUT2D eigenvalue weighted by molar-refractivity contribution is -0.140. The molecule has 0 aliphatic carbocycles. The molecule has 0 radical (unpaired) electrons. The number of para-hydroxylation sites is 4. The predicted octanol–water partition coefficient (Wildman–Crippen LogP) is 7.55. The van der Waals surface area contributed by atoms with Crippen molar-refractivity contribution >= 4 is 10.8 Å². The van der Waals surface area contributed by atoms with E-state index in [-0.39, 0.29) is 72.7 Å². The molecule has 0 amide bonds. The molecular weight excluding hydrogens is 1060 g/mol. The van der Waals surface area contributed by atoms with Gasteiger partial charge in [-0.25, -0.2) is 0 Å². The van der Waals surface area contributed by atoms with Crippen molar-refractivity contribution < 1.29 is 94.7 Å². The van der Waals surface area contributed by atoms with Crippen LogP contribution in [0.2, 0.25) is 0 Å². The Bertz CT molecular complexity index is 2480. The smallest absolute Gasteiger partial charge is 0.164 e. The van der Waals surface area contributed by atoms with Gasteiger partial charge in [0.2, 0.25) is 0 Å². The highest BCUT2D eigenvalue weighted by molar-refractivity contribution is 5.86. The monoisotopic (exact) mass is 1150 g/mol. The van der Waals surface area contributed by atoms with Gasteiger partial charge in [-0.1, -0.05) is 60.7 Å². The summed E-state index contributed by atoms with van der Waals surface area (Å²) in [5.74, 6) is 4.92. The minimum atomic E-state index is -0.605. The molecule has 0 saturated carbocycles. The molecule has 2 unspecified atom stereocenters. The summed E-state index contributed by atoms with van der Waals surface area (Å²) in [6, 6.07) is 31.1. The largest absolute Gasteiger partial charge is 0.487 e. The predicted molar refractivity (Wildman–Crippen MR) is 304 cm³/mol. The number of hydrogen-bond donors (Lipinski definition) is 0. The van der Waals surface area contributed by atoms with E-state index < -0.39 is 12.2 Å². The van der Waals surface area contributed by atoms with Crippen LogP contribution in [0.4, 0.5) is 0 Å². The molecule has 452 valence electrons. The number of benzene rings is 5. The van der Waals surface area contributed by atoms with Crippen LogP contribution in [0.15, 0.2) is 97.1 Å². The number of hydrogen-bond acceptors (Lipinski definition) is 20. The molecule has 0 aromatic heterocycles. The quantitative estimate of drug-likeness (QED) is 0.160. The Balaban J connectivity index is 1.01. The summed E-state index contributed by atoms with van der Waals surface area (Å²) >= 11 is 0.